The number of hydrogen-bond acceptors (Lipinski definition) is 4. The minimum absolute atomic E-state index is 0.176. The van der Waals surface area contributed by atoms with Crippen molar-refractivity contribution in [1.82, 2.24) is 4.90 Å². The first-order valence-corrected chi connectivity index (χ1v) is 12.2. The summed E-state index contributed by atoms with van der Waals surface area (Å²) in [6.45, 7) is 5.67. The smallest absolute Gasteiger partial charge is 0.238 e. The van der Waals surface area contributed by atoms with Gasteiger partial charge in [0.15, 0.2) is 0 Å². The molecule has 0 aromatic heterocycles. The van der Waals surface area contributed by atoms with E-state index in [9.17, 15) is 8.42 Å². The molecule has 2 saturated heterocycles. The average Bonchev–Trinajstić information content (AvgIpc) is 2.75. The summed E-state index contributed by atoms with van der Waals surface area (Å²) in [5.41, 5.74) is 2.58. The third kappa shape index (κ3) is 5.18. The van der Waals surface area contributed by atoms with Gasteiger partial charge in [0.1, 0.15) is 0 Å². The van der Waals surface area contributed by atoms with E-state index in [0.717, 1.165) is 30.6 Å². The Kier molecular flexibility index (Phi) is 6.23. The second-order valence-corrected chi connectivity index (χ2v) is 10.0. The Balaban J connectivity index is 1.23. The first kappa shape index (κ1) is 20.4. The summed E-state index contributed by atoms with van der Waals surface area (Å²) in [6, 6.07) is 17.9. The molecule has 29 heavy (non-hydrogen) atoms. The van der Waals surface area contributed by atoms with Gasteiger partial charge in [0, 0.05) is 25.3 Å². The summed E-state index contributed by atoms with van der Waals surface area (Å²) in [5.74, 6) is 1.47. The molecule has 6 heteroatoms. The number of nitrogens with zero attached hydrogens (tertiary/aromatic N) is 2. The van der Waals surface area contributed by atoms with Gasteiger partial charge in [-0.2, -0.15) is 0 Å². The Bertz CT molecular complexity index is 883. The molecular weight excluding hydrogens is 382 g/mol. The van der Waals surface area contributed by atoms with Crippen molar-refractivity contribution in [3.05, 3.63) is 60.2 Å². The van der Waals surface area contributed by atoms with E-state index in [4.69, 9.17) is 5.14 Å². The molecule has 4 rings (SSSR count). The maximum atomic E-state index is 11.4. The molecule has 0 unspecified atom stereocenters. The van der Waals surface area contributed by atoms with Crippen LogP contribution in [0.3, 0.4) is 0 Å². The first-order chi connectivity index (χ1) is 14.0. The third-order valence-corrected chi connectivity index (χ3v) is 7.45. The van der Waals surface area contributed by atoms with Gasteiger partial charge in [-0.05, 0) is 80.4 Å². The number of primary sulfonamides is 1. The summed E-state index contributed by atoms with van der Waals surface area (Å²) in [5, 5.41) is 5.19. The van der Waals surface area contributed by atoms with Gasteiger partial charge in [0.25, 0.3) is 0 Å². The topological polar surface area (TPSA) is 66.6 Å². The predicted octanol–water partition coefficient (Wildman–Crippen LogP) is 3.43. The molecular formula is C23H31N3O2S. The number of benzene rings is 2. The van der Waals surface area contributed by atoms with E-state index < -0.39 is 10.0 Å². The Morgan fingerprint density at radius 3 is 2.03 bits per heavy atom. The molecule has 2 aliphatic rings. The maximum Gasteiger partial charge on any atom is 0.238 e. The number of rotatable bonds is 5. The van der Waals surface area contributed by atoms with Gasteiger partial charge in [-0.15, -0.1) is 0 Å². The van der Waals surface area contributed by atoms with E-state index in [1.807, 2.05) is 12.1 Å². The van der Waals surface area contributed by atoms with Crippen molar-refractivity contribution in [2.75, 3.05) is 37.6 Å². The Morgan fingerprint density at radius 2 is 1.45 bits per heavy atom. The van der Waals surface area contributed by atoms with Crippen LogP contribution in [-0.4, -0.2) is 46.0 Å². The monoisotopic (exact) mass is 413 g/mol. The Morgan fingerprint density at radius 1 is 0.828 bits per heavy atom. The molecule has 2 aliphatic heterocycles. The van der Waals surface area contributed by atoms with Crippen LogP contribution < -0.4 is 10.0 Å². The van der Waals surface area contributed by atoms with E-state index >= 15 is 0 Å². The van der Waals surface area contributed by atoms with Crippen LogP contribution in [0, 0.1) is 5.92 Å². The van der Waals surface area contributed by atoms with Crippen LogP contribution in [0.25, 0.3) is 0 Å². The summed E-state index contributed by atoms with van der Waals surface area (Å²) in [4.78, 5) is 5.18. The lowest BCUT2D eigenvalue weighted by Gasteiger charge is -2.38. The van der Waals surface area contributed by atoms with Gasteiger partial charge in [0.2, 0.25) is 10.0 Å². The molecule has 2 N–H and O–H groups in total. The molecule has 0 spiro atoms. The van der Waals surface area contributed by atoms with E-state index in [-0.39, 0.29) is 4.90 Å². The highest BCUT2D eigenvalue weighted by atomic mass is 32.2. The van der Waals surface area contributed by atoms with Crippen LogP contribution in [0.5, 0.6) is 0 Å². The van der Waals surface area contributed by atoms with Crippen molar-refractivity contribution in [3.63, 3.8) is 0 Å². The molecule has 0 bridgehead atoms. The highest BCUT2D eigenvalue weighted by molar-refractivity contribution is 7.89. The van der Waals surface area contributed by atoms with Gasteiger partial charge in [-0.1, -0.05) is 30.3 Å². The number of sulfonamides is 1. The average molecular weight is 414 g/mol. The molecule has 0 radical (unpaired) electrons. The fourth-order valence-corrected chi connectivity index (χ4v) is 5.28. The number of likely N-dealkylation sites (tertiary alicyclic amines) is 1. The molecule has 2 aromatic carbocycles. The van der Waals surface area contributed by atoms with Crippen molar-refractivity contribution in [2.24, 2.45) is 11.1 Å². The van der Waals surface area contributed by atoms with Crippen LogP contribution in [0.15, 0.2) is 59.5 Å². The predicted molar refractivity (Wildman–Crippen MR) is 118 cm³/mol. The zero-order valence-electron chi connectivity index (χ0n) is 16.9. The van der Waals surface area contributed by atoms with Gasteiger partial charge in [-0.3, -0.25) is 0 Å². The summed E-state index contributed by atoms with van der Waals surface area (Å²) >= 11 is 0. The highest BCUT2D eigenvalue weighted by Crippen LogP contribution is 2.30. The van der Waals surface area contributed by atoms with Gasteiger partial charge in [0.05, 0.1) is 4.90 Å². The molecule has 5 nitrogen and oxygen atoms in total. The summed E-state index contributed by atoms with van der Waals surface area (Å²) < 4.78 is 22.8. The fraction of sp³-hybridized carbons (Fsp3) is 0.478. The van der Waals surface area contributed by atoms with Crippen LogP contribution in [0.4, 0.5) is 5.69 Å². The SMILES string of the molecule is NS(=O)(=O)c1ccc(N2CCC(CN3CCC(c4ccccc4)CC3)CC2)cc1. The second kappa shape index (κ2) is 8.86. The quantitative estimate of drug-likeness (QED) is 0.816. The third-order valence-electron chi connectivity index (χ3n) is 6.52. The molecule has 0 amide bonds. The van der Waals surface area contributed by atoms with E-state index in [1.165, 1.54) is 50.9 Å². The van der Waals surface area contributed by atoms with Crippen molar-refractivity contribution in [2.45, 2.75) is 36.5 Å². The second-order valence-electron chi connectivity index (χ2n) is 8.45. The van der Waals surface area contributed by atoms with Crippen molar-refractivity contribution in [3.8, 4) is 0 Å². The summed E-state index contributed by atoms with van der Waals surface area (Å²) in [7, 11) is -3.62. The molecule has 156 valence electrons. The van der Waals surface area contributed by atoms with Gasteiger partial charge >= 0.3 is 0 Å². The lowest BCUT2D eigenvalue weighted by Crippen LogP contribution is -2.41. The lowest BCUT2D eigenvalue weighted by atomic mass is 9.88. The normalized spacial score (nSPS) is 20.1. The standard InChI is InChI=1S/C23H31N3O2S/c24-29(27,28)23-8-6-22(7-9-23)26-16-10-19(11-17-26)18-25-14-12-21(13-15-25)20-4-2-1-3-5-20/h1-9,19,21H,10-18H2,(H2,24,27,28). The largest absolute Gasteiger partial charge is 0.372 e. The molecule has 2 aromatic rings. The number of piperidine rings is 2. The first-order valence-electron chi connectivity index (χ1n) is 10.6. The maximum absolute atomic E-state index is 11.4. The van der Waals surface area contributed by atoms with Crippen LogP contribution in [0.1, 0.15) is 37.2 Å². The van der Waals surface area contributed by atoms with Crippen LogP contribution in [-0.2, 0) is 10.0 Å². The zero-order chi connectivity index (χ0) is 20.3. The van der Waals surface area contributed by atoms with Crippen molar-refractivity contribution >= 4 is 15.7 Å². The number of nitrogens with two attached hydrogens (primary N) is 1. The molecule has 2 heterocycles. The lowest BCUT2D eigenvalue weighted by molar-refractivity contribution is 0.170. The van der Waals surface area contributed by atoms with Crippen molar-refractivity contribution in [1.29, 1.82) is 0 Å². The van der Waals surface area contributed by atoms with Crippen LogP contribution in [0.2, 0.25) is 0 Å². The van der Waals surface area contributed by atoms with Gasteiger partial charge in [-0.25, -0.2) is 13.6 Å². The minimum atomic E-state index is -3.62. The number of hydrogen-bond donors (Lipinski definition) is 1. The fourth-order valence-electron chi connectivity index (χ4n) is 4.76. The van der Waals surface area contributed by atoms with Crippen molar-refractivity contribution < 1.29 is 8.42 Å². The van der Waals surface area contributed by atoms with Gasteiger partial charge < -0.3 is 9.80 Å². The molecule has 2 fully saturated rings. The zero-order valence-corrected chi connectivity index (χ0v) is 17.7. The summed E-state index contributed by atoms with van der Waals surface area (Å²) in [6.07, 6.45) is 4.91. The van der Waals surface area contributed by atoms with E-state index in [0.29, 0.717) is 0 Å². The highest BCUT2D eigenvalue weighted by Gasteiger charge is 2.25. The molecule has 0 saturated carbocycles. The molecule has 0 aliphatic carbocycles. The Hall–Kier alpha value is -1.89. The Labute approximate surface area is 174 Å². The molecule has 0 atom stereocenters. The number of anilines is 1. The van der Waals surface area contributed by atoms with E-state index in [2.05, 4.69) is 40.1 Å². The minimum Gasteiger partial charge on any atom is -0.372 e. The van der Waals surface area contributed by atoms with Crippen LogP contribution >= 0.6 is 0 Å². The van der Waals surface area contributed by atoms with E-state index in [1.54, 1.807) is 12.1 Å².